The molecule has 0 amide bonds. The number of alkyl halides is 3. The van der Waals surface area contributed by atoms with Crippen molar-refractivity contribution < 1.29 is 17.7 Å². The summed E-state index contributed by atoms with van der Waals surface area (Å²) < 4.78 is 53.1. The lowest BCUT2D eigenvalue weighted by molar-refractivity contribution is -0.137. The molecule has 0 saturated carbocycles. The van der Waals surface area contributed by atoms with Crippen molar-refractivity contribution in [3.05, 3.63) is 47.5 Å². The fourth-order valence-corrected chi connectivity index (χ4v) is 2.57. The van der Waals surface area contributed by atoms with Crippen LogP contribution in [0.3, 0.4) is 0 Å². The monoisotopic (exact) mass is 361 g/mol. The van der Waals surface area contributed by atoms with Gasteiger partial charge in [0.05, 0.1) is 11.6 Å². The maximum Gasteiger partial charge on any atom is 0.416 e. The Morgan fingerprint density at radius 2 is 1.50 bits per heavy atom. The lowest BCUT2D eigenvalue weighted by atomic mass is 9.94. The van der Waals surface area contributed by atoms with E-state index in [-0.39, 0.29) is 5.41 Å². The molecule has 0 fully saturated rings. The summed E-state index contributed by atoms with van der Waals surface area (Å²) in [6.45, 7) is 11.6. The van der Waals surface area contributed by atoms with E-state index < -0.39 is 33.9 Å². The standard InChI is InChI=1S/C18H26F3NOS/c1-16(2,3)12-11-15(22-24(23)17(4,5)6)13-7-9-14(10-8-13)18(19,20)21/h7-12,15,22H,1-6H3. The molecule has 2 atom stereocenters. The molecule has 0 aliphatic carbocycles. The fourth-order valence-electron chi connectivity index (χ4n) is 1.77. The second-order valence-corrected chi connectivity index (χ2v) is 9.82. The molecule has 6 heteroatoms. The van der Waals surface area contributed by atoms with Crippen LogP contribution in [-0.2, 0) is 17.5 Å². The van der Waals surface area contributed by atoms with Crippen LogP contribution in [0.4, 0.5) is 13.2 Å². The minimum atomic E-state index is -4.36. The van der Waals surface area contributed by atoms with E-state index in [1.54, 1.807) is 0 Å². The number of nitrogens with one attached hydrogen (secondary N) is 1. The van der Waals surface area contributed by atoms with E-state index in [1.165, 1.54) is 12.1 Å². The van der Waals surface area contributed by atoms with E-state index in [4.69, 9.17) is 0 Å². The summed E-state index contributed by atoms with van der Waals surface area (Å²) in [7, 11) is 0. The zero-order chi connectivity index (χ0) is 18.8. The first-order chi connectivity index (χ1) is 10.7. The number of hydrogen-bond donors (Lipinski definition) is 1. The van der Waals surface area contributed by atoms with Crippen molar-refractivity contribution in [2.45, 2.75) is 58.5 Å². The molecule has 0 spiro atoms. The molecule has 0 aliphatic heterocycles. The summed E-state index contributed by atoms with van der Waals surface area (Å²) in [6.07, 6.45) is -0.550. The molecule has 0 saturated heterocycles. The number of hydrogen-bond acceptors (Lipinski definition) is 2. The minimum Gasteiger partial charge on any atom is -0.598 e. The molecule has 1 rings (SSSR count). The summed E-state index contributed by atoms with van der Waals surface area (Å²) in [5, 5.41) is 0. The van der Waals surface area contributed by atoms with E-state index in [0.29, 0.717) is 5.56 Å². The third kappa shape index (κ3) is 6.87. The summed E-state index contributed by atoms with van der Waals surface area (Å²) in [4.78, 5) is 0. The van der Waals surface area contributed by atoms with Gasteiger partial charge >= 0.3 is 6.18 Å². The van der Waals surface area contributed by atoms with E-state index >= 15 is 0 Å². The van der Waals surface area contributed by atoms with Gasteiger partial charge in [0, 0.05) is 11.4 Å². The van der Waals surface area contributed by atoms with Crippen LogP contribution < -0.4 is 4.72 Å². The van der Waals surface area contributed by atoms with Gasteiger partial charge in [0.2, 0.25) is 0 Å². The first-order valence-electron chi connectivity index (χ1n) is 7.75. The first kappa shape index (κ1) is 21.1. The maximum atomic E-state index is 12.7. The van der Waals surface area contributed by atoms with Crippen molar-refractivity contribution >= 4 is 11.4 Å². The lowest BCUT2D eigenvalue weighted by Gasteiger charge is -2.27. The van der Waals surface area contributed by atoms with Crippen LogP contribution in [0.2, 0.25) is 0 Å². The van der Waals surface area contributed by atoms with E-state index in [2.05, 4.69) is 4.72 Å². The van der Waals surface area contributed by atoms with Gasteiger partial charge in [-0.25, -0.2) is 0 Å². The highest BCUT2D eigenvalue weighted by molar-refractivity contribution is 7.90. The van der Waals surface area contributed by atoms with Crippen LogP contribution >= 0.6 is 0 Å². The summed E-state index contributed by atoms with van der Waals surface area (Å²) in [5.74, 6) is 0. The molecular weight excluding hydrogens is 335 g/mol. The summed E-state index contributed by atoms with van der Waals surface area (Å²) in [5.41, 5.74) is -0.141. The molecule has 0 aliphatic rings. The van der Waals surface area contributed by atoms with Gasteiger partial charge in [-0.3, -0.25) is 0 Å². The molecule has 2 unspecified atom stereocenters. The van der Waals surface area contributed by atoms with Crippen molar-refractivity contribution in [3.63, 3.8) is 0 Å². The Morgan fingerprint density at radius 1 is 1.00 bits per heavy atom. The molecule has 24 heavy (non-hydrogen) atoms. The smallest absolute Gasteiger partial charge is 0.416 e. The predicted octanol–water partition coefficient (Wildman–Crippen LogP) is 5.40. The third-order valence-electron chi connectivity index (χ3n) is 3.18. The summed E-state index contributed by atoms with van der Waals surface area (Å²) in [6, 6.07) is 4.52. The van der Waals surface area contributed by atoms with Crippen molar-refractivity contribution in [2.24, 2.45) is 5.41 Å². The molecule has 0 aromatic heterocycles. The van der Waals surface area contributed by atoms with Crippen LogP contribution in [0.5, 0.6) is 0 Å². The van der Waals surface area contributed by atoms with Gasteiger partial charge in [-0.15, -0.1) is 4.72 Å². The SMILES string of the molecule is CC(C)(C)C=CC(N[S+]([O-])C(C)(C)C)c1ccc(C(F)(F)F)cc1. The highest BCUT2D eigenvalue weighted by atomic mass is 32.2. The molecule has 1 aromatic rings. The van der Waals surface area contributed by atoms with Gasteiger partial charge < -0.3 is 4.55 Å². The molecule has 2 nitrogen and oxygen atoms in total. The van der Waals surface area contributed by atoms with Crippen molar-refractivity contribution in [3.8, 4) is 0 Å². The molecule has 0 bridgehead atoms. The highest BCUT2D eigenvalue weighted by Gasteiger charge is 2.32. The number of rotatable bonds is 4. The van der Waals surface area contributed by atoms with Crippen LogP contribution in [0, 0.1) is 5.41 Å². The normalized spacial score (nSPS) is 16.4. The van der Waals surface area contributed by atoms with Gasteiger partial charge in [0.15, 0.2) is 0 Å². The Morgan fingerprint density at radius 3 is 1.88 bits per heavy atom. The van der Waals surface area contributed by atoms with Gasteiger partial charge in [0.25, 0.3) is 0 Å². The van der Waals surface area contributed by atoms with Crippen LogP contribution in [0.1, 0.15) is 58.7 Å². The van der Waals surface area contributed by atoms with Gasteiger partial charge in [-0.1, -0.05) is 45.1 Å². The third-order valence-corrected chi connectivity index (χ3v) is 4.76. The first-order valence-corrected chi connectivity index (χ1v) is 8.90. The fraction of sp³-hybridized carbons (Fsp3) is 0.556. The quantitative estimate of drug-likeness (QED) is 0.575. The largest absolute Gasteiger partial charge is 0.598 e. The second kappa shape index (κ2) is 7.50. The number of benzene rings is 1. The second-order valence-electron chi connectivity index (χ2n) is 7.82. The molecule has 0 radical (unpaired) electrons. The molecule has 0 heterocycles. The Bertz CT molecular complexity index is 554. The Labute approximate surface area is 145 Å². The van der Waals surface area contributed by atoms with Crippen molar-refractivity contribution in [1.29, 1.82) is 0 Å². The zero-order valence-electron chi connectivity index (χ0n) is 15.0. The average Bonchev–Trinajstić information content (AvgIpc) is 2.40. The Balaban J connectivity index is 3.11. The van der Waals surface area contributed by atoms with Gasteiger partial charge in [-0.05, 0) is 43.9 Å². The molecule has 1 N–H and O–H groups in total. The van der Waals surface area contributed by atoms with Crippen molar-refractivity contribution in [1.82, 2.24) is 4.72 Å². The van der Waals surface area contributed by atoms with Gasteiger partial charge in [0.1, 0.15) is 4.75 Å². The van der Waals surface area contributed by atoms with E-state index in [1.807, 2.05) is 53.7 Å². The predicted molar refractivity (Wildman–Crippen MR) is 93.8 cm³/mol. The lowest BCUT2D eigenvalue weighted by Crippen LogP contribution is -2.40. The van der Waals surface area contributed by atoms with E-state index in [0.717, 1.165) is 12.1 Å². The Hall–Kier alpha value is -0.980. The van der Waals surface area contributed by atoms with Gasteiger partial charge in [-0.2, -0.15) is 13.2 Å². The summed E-state index contributed by atoms with van der Waals surface area (Å²) >= 11 is -1.34. The maximum absolute atomic E-state index is 12.7. The van der Waals surface area contributed by atoms with Crippen LogP contribution in [-0.4, -0.2) is 9.30 Å². The van der Waals surface area contributed by atoms with Crippen LogP contribution in [0.15, 0.2) is 36.4 Å². The van der Waals surface area contributed by atoms with E-state index in [9.17, 15) is 17.7 Å². The topological polar surface area (TPSA) is 35.1 Å². The average molecular weight is 361 g/mol. The minimum absolute atomic E-state index is 0.0882. The molecular formula is C18H26F3NOS. The Kier molecular flexibility index (Phi) is 6.58. The highest BCUT2D eigenvalue weighted by Crippen LogP contribution is 2.31. The number of allylic oxidation sites excluding steroid dienone is 1. The molecule has 1 aromatic carbocycles. The zero-order valence-corrected chi connectivity index (χ0v) is 15.8. The van der Waals surface area contributed by atoms with Crippen molar-refractivity contribution in [2.75, 3.05) is 0 Å². The number of halogens is 3. The van der Waals surface area contributed by atoms with Crippen LogP contribution in [0.25, 0.3) is 0 Å². The molecule has 136 valence electrons.